The zero-order valence-electron chi connectivity index (χ0n) is 15.6. The fourth-order valence-electron chi connectivity index (χ4n) is 3.63. The smallest absolute Gasteiger partial charge is 0.252 e. The minimum absolute atomic E-state index is 0.0121. The van der Waals surface area contributed by atoms with Crippen molar-refractivity contribution in [2.75, 3.05) is 23.5 Å². The number of ether oxygens (including phenoxy) is 1. The van der Waals surface area contributed by atoms with Gasteiger partial charge in [0.2, 0.25) is 0 Å². The van der Waals surface area contributed by atoms with Gasteiger partial charge in [0.15, 0.2) is 15.0 Å². The quantitative estimate of drug-likeness (QED) is 0.737. The maximum absolute atomic E-state index is 13.4. The lowest BCUT2D eigenvalue weighted by Gasteiger charge is -2.24. The van der Waals surface area contributed by atoms with E-state index in [1.807, 2.05) is 12.1 Å². The van der Waals surface area contributed by atoms with Gasteiger partial charge in [-0.25, -0.2) is 12.8 Å². The van der Waals surface area contributed by atoms with Crippen LogP contribution in [0.3, 0.4) is 0 Å². The largest absolute Gasteiger partial charge is 0.496 e. The van der Waals surface area contributed by atoms with Crippen LogP contribution in [0.25, 0.3) is 0 Å². The van der Waals surface area contributed by atoms with Gasteiger partial charge in [-0.05, 0) is 30.3 Å². The van der Waals surface area contributed by atoms with Gasteiger partial charge in [-0.15, -0.1) is 0 Å². The number of nitrogens with zero attached hydrogens (tertiary/aromatic N) is 2. The van der Waals surface area contributed by atoms with E-state index in [0.29, 0.717) is 16.6 Å². The fraction of sp³-hybridized carbons (Fsp3) is 0.300. The topological polar surface area (TPSA) is 76.0 Å². The van der Waals surface area contributed by atoms with Crippen molar-refractivity contribution in [2.24, 2.45) is 4.99 Å². The van der Waals surface area contributed by atoms with Crippen molar-refractivity contribution in [3.05, 3.63) is 59.9 Å². The highest BCUT2D eigenvalue weighted by Crippen LogP contribution is 2.41. The molecule has 1 amide bonds. The van der Waals surface area contributed by atoms with Crippen molar-refractivity contribution in [1.29, 1.82) is 0 Å². The highest BCUT2D eigenvalue weighted by molar-refractivity contribution is 8.16. The number of carbonyl (C=O) groups excluding carboxylic acids is 1. The molecule has 2 aromatic carbocycles. The molecule has 2 heterocycles. The van der Waals surface area contributed by atoms with Crippen LogP contribution in [-0.2, 0) is 21.1 Å². The van der Waals surface area contributed by atoms with Gasteiger partial charge in [0.05, 0.1) is 31.1 Å². The molecule has 29 heavy (non-hydrogen) atoms. The molecule has 2 aromatic rings. The molecule has 0 aromatic heterocycles. The van der Waals surface area contributed by atoms with Crippen LogP contribution in [0.15, 0.2) is 53.5 Å². The Hall–Kier alpha value is -2.39. The highest BCUT2D eigenvalue weighted by atomic mass is 32.2. The minimum atomic E-state index is -3.16. The average Bonchev–Trinajstić information content (AvgIpc) is 3.13. The van der Waals surface area contributed by atoms with Crippen LogP contribution in [-0.4, -0.2) is 49.4 Å². The maximum Gasteiger partial charge on any atom is 0.252 e. The lowest BCUT2D eigenvalue weighted by Crippen LogP contribution is -2.37. The number of hydrogen-bond acceptors (Lipinski definition) is 5. The summed E-state index contributed by atoms with van der Waals surface area (Å²) in [5.74, 6) is -0.103. The standard InChI is InChI=1S/C20H19FN2O4S2/c1-27-17-5-3-2-4-13(17)10-19(24)22-20-23(15-8-6-14(21)7-9-15)16-11-29(25,26)12-18(16)28-20/h2-9,16,18H,10-12H2,1H3/t16-,18-/m0/s1. The van der Waals surface area contributed by atoms with Gasteiger partial charge in [0.1, 0.15) is 11.6 Å². The number of halogens is 1. The van der Waals surface area contributed by atoms with Crippen molar-refractivity contribution >= 4 is 38.4 Å². The monoisotopic (exact) mass is 434 g/mol. The Kier molecular flexibility index (Phi) is 5.35. The van der Waals surface area contributed by atoms with Crippen molar-refractivity contribution in [3.63, 3.8) is 0 Å². The first-order valence-corrected chi connectivity index (χ1v) is 11.7. The zero-order valence-corrected chi connectivity index (χ0v) is 17.2. The second-order valence-corrected chi connectivity index (χ2v) is 10.3. The fourth-order valence-corrected chi connectivity index (χ4v) is 7.56. The van der Waals surface area contributed by atoms with E-state index in [2.05, 4.69) is 4.99 Å². The molecule has 0 saturated carbocycles. The molecular weight excluding hydrogens is 415 g/mol. The number of rotatable bonds is 4. The Balaban J connectivity index is 1.64. The van der Waals surface area contributed by atoms with E-state index in [0.717, 1.165) is 5.56 Å². The number of fused-ring (bicyclic) bond motifs is 1. The molecule has 152 valence electrons. The molecule has 2 aliphatic heterocycles. The van der Waals surface area contributed by atoms with E-state index in [1.54, 1.807) is 36.3 Å². The molecule has 2 saturated heterocycles. The van der Waals surface area contributed by atoms with Gasteiger partial charge in [-0.3, -0.25) is 4.79 Å². The SMILES string of the molecule is COc1ccccc1CC(=O)N=C1S[C@H]2CS(=O)(=O)C[C@@H]2N1c1ccc(F)cc1. The molecule has 2 aliphatic rings. The molecule has 0 spiro atoms. The van der Waals surface area contributed by atoms with Crippen molar-refractivity contribution < 1.29 is 22.3 Å². The summed E-state index contributed by atoms with van der Waals surface area (Å²) in [6.45, 7) is 0. The Morgan fingerprint density at radius 2 is 1.93 bits per heavy atom. The summed E-state index contributed by atoms with van der Waals surface area (Å²) in [6.07, 6.45) is 0.0684. The summed E-state index contributed by atoms with van der Waals surface area (Å²) >= 11 is 1.29. The Labute approximate surface area is 172 Å². The number of sulfone groups is 1. The number of aliphatic imine (C=N–C) groups is 1. The molecule has 4 rings (SSSR count). The first-order valence-electron chi connectivity index (χ1n) is 9.01. The Morgan fingerprint density at radius 1 is 1.21 bits per heavy atom. The number of amides is 1. The zero-order chi connectivity index (χ0) is 20.6. The molecule has 2 fully saturated rings. The predicted octanol–water partition coefficient (Wildman–Crippen LogP) is 2.68. The second kappa shape index (κ2) is 7.79. The molecule has 0 aliphatic carbocycles. The number of anilines is 1. The number of para-hydroxylation sites is 1. The van der Waals surface area contributed by atoms with Crippen LogP contribution in [0, 0.1) is 5.82 Å². The Morgan fingerprint density at radius 3 is 2.66 bits per heavy atom. The number of thioether (sulfide) groups is 1. The molecule has 0 radical (unpaired) electrons. The number of benzene rings is 2. The number of amidine groups is 1. The summed E-state index contributed by atoms with van der Waals surface area (Å²) in [4.78, 5) is 18.7. The number of methoxy groups -OCH3 is 1. The summed E-state index contributed by atoms with van der Waals surface area (Å²) in [6, 6.07) is 12.7. The van der Waals surface area contributed by atoms with Crippen molar-refractivity contribution in [1.82, 2.24) is 0 Å². The Bertz CT molecular complexity index is 1070. The van der Waals surface area contributed by atoms with Crippen LogP contribution in [0.1, 0.15) is 5.56 Å². The average molecular weight is 435 g/mol. The van der Waals surface area contributed by atoms with Crippen LogP contribution in [0.5, 0.6) is 5.75 Å². The van der Waals surface area contributed by atoms with E-state index < -0.39 is 9.84 Å². The third kappa shape index (κ3) is 4.16. The van der Waals surface area contributed by atoms with Gasteiger partial charge in [0.25, 0.3) is 5.91 Å². The summed E-state index contributed by atoms with van der Waals surface area (Å²) in [7, 11) is -1.62. The maximum atomic E-state index is 13.4. The predicted molar refractivity (Wildman–Crippen MR) is 112 cm³/mol. The number of carbonyl (C=O) groups is 1. The van der Waals surface area contributed by atoms with Gasteiger partial charge < -0.3 is 9.64 Å². The van der Waals surface area contributed by atoms with Crippen molar-refractivity contribution in [3.8, 4) is 5.75 Å². The normalized spacial score (nSPS) is 23.9. The van der Waals surface area contributed by atoms with Gasteiger partial charge in [0, 0.05) is 16.5 Å². The second-order valence-electron chi connectivity index (χ2n) is 6.92. The van der Waals surface area contributed by atoms with E-state index in [1.165, 1.54) is 23.9 Å². The van der Waals surface area contributed by atoms with Crippen LogP contribution in [0.2, 0.25) is 0 Å². The molecule has 0 N–H and O–H groups in total. The molecule has 0 unspecified atom stereocenters. The first-order chi connectivity index (χ1) is 13.9. The molecule has 9 heteroatoms. The van der Waals surface area contributed by atoms with Gasteiger partial charge >= 0.3 is 0 Å². The van der Waals surface area contributed by atoms with E-state index >= 15 is 0 Å². The molecule has 2 atom stereocenters. The molecule has 0 bridgehead atoms. The highest BCUT2D eigenvalue weighted by Gasteiger charge is 2.49. The van der Waals surface area contributed by atoms with Crippen LogP contribution in [0.4, 0.5) is 10.1 Å². The minimum Gasteiger partial charge on any atom is -0.496 e. The lowest BCUT2D eigenvalue weighted by molar-refractivity contribution is -0.117. The summed E-state index contributed by atoms with van der Waals surface area (Å²) in [5, 5.41) is 0.240. The lowest BCUT2D eigenvalue weighted by atomic mass is 10.1. The van der Waals surface area contributed by atoms with Crippen LogP contribution < -0.4 is 9.64 Å². The third-order valence-electron chi connectivity index (χ3n) is 4.93. The third-order valence-corrected chi connectivity index (χ3v) is 8.14. The summed E-state index contributed by atoms with van der Waals surface area (Å²) < 4.78 is 42.8. The molecular formula is C20H19FN2O4S2. The van der Waals surface area contributed by atoms with Gasteiger partial charge in [-0.2, -0.15) is 4.99 Å². The van der Waals surface area contributed by atoms with E-state index in [4.69, 9.17) is 4.74 Å². The first kappa shape index (κ1) is 19.9. The van der Waals surface area contributed by atoms with E-state index in [9.17, 15) is 17.6 Å². The van der Waals surface area contributed by atoms with Gasteiger partial charge in [-0.1, -0.05) is 30.0 Å². The molecule has 6 nitrogen and oxygen atoms in total. The number of hydrogen-bond donors (Lipinski definition) is 0. The van der Waals surface area contributed by atoms with Crippen LogP contribution >= 0.6 is 11.8 Å². The summed E-state index contributed by atoms with van der Waals surface area (Å²) in [5.41, 5.74) is 1.34. The van der Waals surface area contributed by atoms with E-state index in [-0.39, 0.29) is 40.9 Å². The van der Waals surface area contributed by atoms with Crippen molar-refractivity contribution in [2.45, 2.75) is 17.7 Å².